The van der Waals surface area contributed by atoms with Crippen LogP contribution in [0.5, 0.6) is 5.75 Å². The molecule has 0 amide bonds. The average Bonchev–Trinajstić information content (AvgIpc) is 2.54. The van der Waals surface area contributed by atoms with Gasteiger partial charge in [0.25, 0.3) is 0 Å². The van der Waals surface area contributed by atoms with E-state index in [2.05, 4.69) is 31.0 Å². The van der Waals surface area contributed by atoms with E-state index in [-0.39, 0.29) is 0 Å². The van der Waals surface area contributed by atoms with E-state index in [1.165, 1.54) is 0 Å². The molecule has 2 N–H and O–H groups in total. The lowest BCUT2D eigenvalue weighted by molar-refractivity contribution is 0.315. The molecule has 1 heterocycles. The van der Waals surface area contributed by atoms with Gasteiger partial charge in [-0.25, -0.2) is 0 Å². The third-order valence-electron chi connectivity index (χ3n) is 3.63. The third-order valence-corrected chi connectivity index (χ3v) is 3.63. The van der Waals surface area contributed by atoms with E-state index in [1.807, 2.05) is 30.5 Å². The second-order valence-electron chi connectivity index (χ2n) is 5.35. The summed E-state index contributed by atoms with van der Waals surface area (Å²) >= 11 is 0. The highest BCUT2D eigenvalue weighted by molar-refractivity contribution is 5.39. The second kappa shape index (κ2) is 7.23. The molecule has 0 saturated heterocycles. The molecule has 0 aliphatic heterocycles. The molecule has 0 fully saturated rings. The Morgan fingerprint density at radius 2 is 1.81 bits per heavy atom. The topological polar surface area (TPSA) is 48.1 Å². The molecule has 0 bridgehead atoms. The number of aromatic nitrogens is 1. The summed E-state index contributed by atoms with van der Waals surface area (Å²) < 4.78 is 5.69. The minimum atomic E-state index is -0.519. The summed E-state index contributed by atoms with van der Waals surface area (Å²) in [5.41, 5.74) is 8.35. The van der Waals surface area contributed by atoms with Gasteiger partial charge in [0.1, 0.15) is 5.75 Å². The molecule has 2 rings (SSSR count). The zero-order valence-corrected chi connectivity index (χ0v) is 12.9. The molecule has 1 atom stereocenters. The summed E-state index contributed by atoms with van der Waals surface area (Å²) in [6.07, 6.45) is 6.45. The molecule has 112 valence electrons. The van der Waals surface area contributed by atoms with E-state index in [0.29, 0.717) is 6.61 Å². The van der Waals surface area contributed by atoms with Gasteiger partial charge < -0.3 is 10.5 Å². The Labute approximate surface area is 127 Å². The van der Waals surface area contributed by atoms with Crippen LogP contribution < -0.4 is 10.5 Å². The number of benzene rings is 1. The number of hydrogen-bond donors (Lipinski definition) is 1. The molecule has 0 aliphatic rings. The predicted octanol–water partition coefficient (Wildman–Crippen LogP) is 3.87. The highest BCUT2D eigenvalue weighted by Crippen LogP contribution is 2.32. The maximum absolute atomic E-state index is 6.75. The van der Waals surface area contributed by atoms with Gasteiger partial charge >= 0.3 is 0 Å². The quantitative estimate of drug-likeness (QED) is 0.839. The van der Waals surface area contributed by atoms with Crippen LogP contribution in [0.1, 0.15) is 44.2 Å². The molecule has 21 heavy (non-hydrogen) atoms. The number of ether oxygens (including phenoxy) is 1. The molecular weight excluding hydrogens is 260 g/mol. The minimum absolute atomic E-state index is 0.519. The van der Waals surface area contributed by atoms with Crippen molar-refractivity contribution in [1.29, 1.82) is 0 Å². The van der Waals surface area contributed by atoms with Gasteiger partial charge in [-0.15, -0.1) is 0 Å². The van der Waals surface area contributed by atoms with Crippen LogP contribution in [-0.4, -0.2) is 11.6 Å². The molecule has 1 unspecified atom stereocenters. The lowest BCUT2D eigenvalue weighted by Gasteiger charge is -2.30. The zero-order chi connectivity index (χ0) is 15.1. The number of nitrogens with two attached hydrogens (primary N) is 1. The Morgan fingerprint density at radius 3 is 2.48 bits per heavy atom. The molecule has 3 heteroatoms. The number of pyridine rings is 1. The van der Waals surface area contributed by atoms with Crippen molar-refractivity contribution in [2.24, 2.45) is 5.73 Å². The number of hydrogen-bond acceptors (Lipinski definition) is 3. The third kappa shape index (κ3) is 3.61. The molecule has 0 spiro atoms. The van der Waals surface area contributed by atoms with Gasteiger partial charge in [-0.2, -0.15) is 0 Å². The van der Waals surface area contributed by atoms with Crippen molar-refractivity contribution in [3.8, 4) is 5.75 Å². The number of rotatable bonds is 7. The first-order valence-electron chi connectivity index (χ1n) is 7.63. The SMILES string of the molecule is CCCOc1cncc(C(N)(CCC)c2ccccc2)c1. The maximum Gasteiger partial charge on any atom is 0.137 e. The highest BCUT2D eigenvalue weighted by atomic mass is 16.5. The van der Waals surface area contributed by atoms with E-state index < -0.39 is 5.54 Å². The van der Waals surface area contributed by atoms with E-state index in [1.54, 1.807) is 6.20 Å². The van der Waals surface area contributed by atoms with E-state index in [9.17, 15) is 0 Å². The first-order valence-corrected chi connectivity index (χ1v) is 7.63. The summed E-state index contributed by atoms with van der Waals surface area (Å²) in [4.78, 5) is 4.31. The lowest BCUT2D eigenvalue weighted by Crippen LogP contribution is -2.38. The maximum atomic E-state index is 6.75. The van der Waals surface area contributed by atoms with E-state index in [4.69, 9.17) is 10.5 Å². The highest BCUT2D eigenvalue weighted by Gasteiger charge is 2.29. The summed E-state index contributed by atoms with van der Waals surface area (Å²) in [6, 6.07) is 12.2. The van der Waals surface area contributed by atoms with Gasteiger partial charge in [0, 0.05) is 6.20 Å². The van der Waals surface area contributed by atoms with Crippen molar-refractivity contribution in [2.45, 2.75) is 38.6 Å². The fraction of sp³-hybridized carbons (Fsp3) is 0.389. The van der Waals surface area contributed by atoms with Gasteiger partial charge in [0.05, 0.1) is 18.3 Å². The van der Waals surface area contributed by atoms with Crippen molar-refractivity contribution in [3.63, 3.8) is 0 Å². The Balaban J connectivity index is 2.38. The number of nitrogens with zero attached hydrogens (tertiary/aromatic N) is 1. The van der Waals surface area contributed by atoms with Crippen LogP contribution in [0.15, 0.2) is 48.8 Å². The van der Waals surface area contributed by atoms with Gasteiger partial charge in [0.15, 0.2) is 0 Å². The van der Waals surface area contributed by atoms with Gasteiger partial charge in [-0.3, -0.25) is 4.98 Å². The fourth-order valence-electron chi connectivity index (χ4n) is 2.55. The summed E-state index contributed by atoms with van der Waals surface area (Å²) in [6.45, 7) is 4.93. The van der Waals surface area contributed by atoms with Crippen LogP contribution in [0.4, 0.5) is 0 Å². The Kier molecular flexibility index (Phi) is 5.34. The largest absolute Gasteiger partial charge is 0.492 e. The summed E-state index contributed by atoms with van der Waals surface area (Å²) in [7, 11) is 0. The van der Waals surface area contributed by atoms with Crippen LogP contribution in [0.3, 0.4) is 0 Å². The minimum Gasteiger partial charge on any atom is -0.492 e. The normalized spacial score (nSPS) is 13.7. The average molecular weight is 284 g/mol. The molecule has 0 radical (unpaired) electrons. The van der Waals surface area contributed by atoms with E-state index >= 15 is 0 Å². The second-order valence-corrected chi connectivity index (χ2v) is 5.35. The van der Waals surface area contributed by atoms with Gasteiger partial charge in [-0.1, -0.05) is 50.6 Å². The Morgan fingerprint density at radius 1 is 1.05 bits per heavy atom. The van der Waals surface area contributed by atoms with Crippen molar-refractivity contribution < 1.29 is 4.74 Å². The van der Waals surface area contributed by atoms with Crippen LogP contribution in [0.25, 0.3) is 0 Å². The summed E-state index contributed by atoms with van der Waals surface area (Å²) in [5, 5.41) is 0. The Hall–Kier alpha value is -1.87. The molecule has 1 aromatic carbocycles. The molecule has 3 nitrogen and oxygen atoms in total. The predicted molar refractivity (Wildman–Crippen MR) is 86.3 cm³/mol. The first kappa shape index (κ1) is 15.5. The van der Waals surface area contributed by atoms with Crippen molar-refractivity contribution >= 4 is 0 Å². The Bertz CT molecular complexity index is 556. The van der Waals surface area contributed by atoms with Crippen LogP contribution in [0.2, 0.25) is 0 Å². The molecule has 0 saturated carbocycles. The van der Waals surface area contributed by atoms with Crippen LogP contribution in [-0.2, 0) is 5.54 Å². The smallest absolute Gasteiger partial charge is 0.137 e. The molecule has 0 aliphatic carbocycles. The fourth-order valence-corrected chi connectivity index (χ4v) is 2.55. The molecular formula is C18H24N2O. The molecule has 1 aromatic heterocycles. The van der Waals surface area contributed by atoms with Crippen molar-refractivity contribution in [1.82, 2.24) is 4.98 Å². The first-order chi connectivity index (χ1) is 10.2. The van der Waals surface area contributed by atoms with Crippen LogP contribution in [0, 0.1) is 0 Å². The van der Waals surface area contributed by atoms with Crippen LogP contribution >= 0.6 is 0 Å². The van der Waals surface area contributed by atoms with Gasteiger partial charge in [-0.05, 0) is 30.0 Å². The lowest BCUT2D eigenvalue weighted by atomic mass is 9.81. The standard InChI is InChI=1S/C18H24N2O/c1-3-10-18(19,15-8-6-5-7-9-15)16-12-17(14-20-13-16)21-11-4-2/h5-9,12-14H,3-4,10-11,19H2,1-2H3. The van der Waals surface area contributed by atoms with Gasteiger partial charge in [0.2, 0.25) is 0 Å². The van der Waals surface area contributed by atoms with Crippen molar-refractivity contribution in [2.75, 3.05) is 6.61 Å². The zero-order valence-electron chi connectivity index (χ0n) is 12.9. The van der Waals surface area contributed by atoms with E-state index in [0.717, 1.165) is 36.1 Å². The van der Waals surface area contributed by atoms with Crippen molar-refractivity contribution in [3.05, 3.63) is 59.9 Å². The molecule has 2 aromatic rings. The monoisotopic (exact) mass is 284 g/mol. The summed E-state index contributed by atoms with van der Waals surface area (Å²) in [5.74, 6) is 0.788.